The van der Waals surface area contributed by atoms with Crippen molar-refractivity contribution in [3.63, 3.8) is 0 Å². The Morgan fingerprint density at radius 3 is 2.48 bits per heavy atom. The van der Waals surface area contributed by atoms with Gasteiger partial charge in [-0.25, -0.2) is 4.98 Å². The maximum atomic E-state index is 10.5. The van der Waals surface area contributed by atoms with E-state index in [1.54, 1.807) is 30.6 Å². The smallest absolute Gasteiger partial charge is 0.231 e. The van der Waals surface area contributed by atoms with E-state index in [0.717, 1.165) is 16.7 Å². The molecule has 5 nitrogen and oxygen atoms in total. The van der Waals surface area contributed by atoms with Crippen LogP contribution in [0.4, 0.5) is 11.6 Å². The van der Waals surface area contributed by atoms with Crippen LogP contribution >= 0.6 is 23.2 Å². The highest BCUT2D eigenvalue weighted by atomic mass is 35.5. The minimum absolute atomic E-state index is 0.0974. The summed E-state index contributed by atoms with van der Waals surface area (Å²) < 4.78 is 0. The number of rotatable bonds is 4. The van der Waals surface area contributed by atoms with E-state index in [9.17, 15) is 5.11 Å². The van der Waals surface area contributed by atoms with E-state index >= 15 is 0 Å². The number of nitrogens with zero attached hydrogens (tertiary/aromatic N) is 3. The quantitative estimate of drug-likeness (QED) is 0.406. The first-order chi connectivity index (χ1) is 14.0. The molecule has 2 N–H and O–H groups in total. The van der Waals surface area contributed by atoms with Gasteiger partial charge in [0.25, 0.3) is 0 Å². The fraction of sp³-hybridized carbons (Fsp3) is 0.0455. The van der Waals surface area contributed by atoms with Crippen LogP contribution in [0.15, 0.2) is 54.9 Å². The fourth-order valence-corrected chi connectivity index (χ4v) is 3.24. The predicted octanol–water partition coefficient (Wildman–Crippen LogP) is 6.26. The van der Waals surface area contributed by atoms with Crippen LogP contribution in [0.25, 0.3) is 23.1 Å². The van der Waals surface area contributed by atoms with Crippen LogP contribution in [0.1, 0.15) is 16.7 Å². The Morgan fingerprint density at radius 1 is 0.931 bits per heavy atom. The van der Waals surface area contributed by atoms with Crippen molar-refractivity contribution >= 4 is 57.9 Å². The van der Waals surface area contributed by atoms with Gasteiger partial charge in [0.2, 0.25) is 11.8 Å². The molecule has 0 saturated carbocycles. The number of pyridine rings is 1. The highest BCUT2D eigenvalue weighted by Gasteiger charge is 2.11. The second-order valence-corrected chi connectivity index (χ2v) is 7.30. The molecule has 0 bridgehead atoms. The standard InChI is InChI=1S/C22H16Cl2N4O/c1-13-10-15(3-2-14-6-8-25-9-7-14)20-17(11-13)21(29)28-22(27-20)26-16-4-5-18(23)19(24)12-16/h2-12H,1H3,(H2,26,27,28,29). The number of anilines is 2. The average Bonchev–Trinajstić information content (AvgIpc) is 2.70. The van der Waals surface area contributed by atoms with E-state index in [0.29, 0.717) is 26.6 Å². The summed E-state index contributed by atoms with van der Waals surface area (Å²) in [6, 6.07) is 12.8. The third-order valence-electron chi connectivity index (χ3n) is 4.29. The number of benzene rings is 2. The third-order valence-corrected chi connectivity index (χ3v) is 5.03. The van der Waals surface area contributed by atoms with Crippen molar-refractivity contribution in [2.45, 2.75) is 6.92 Å². The number of halogens is 2. The van der Waals surface area contributed by atoms with Gasteiger partial charge in [-0.2, -0.15) is 4.98 Å². The van der Waals surface area contributed by atoms with Crippen molar-refractivity contribution < 1.29 is 5.11 Å². The molecule has 7 heteroatoms. The molecule has 0 atom stereocenters. The molecule has 0 amide bonds. The number of aromatic nitrogens is 3. The van der Waals surface area contributed by atoms with Crippen molar-refractivity contribution in [3.05, 3.63) is 81.6 Å². The number of hydrogen-bond donors (Lipinski definition) is 2. The molecule has 29 heavy (non-hydrogen) atoms. The first kappa shape index (κ1) is 19.2. The van der Waals surface area contributed by atoms with Gasteiger partial charge >= 0.3 is 0 Å². The Kier molecular flexibility index (Phi) is 5.34. The zero-order valence-corrected chi connectivity index (χ0v) is 16.9. The van der Waals surface area contributed by atoms with Crippen molar-refractivity contribution in [2.75, 3.05) is 5.32 Å². The summed E-state index contributed by atoms with van der Waals surface area (Å²) in [4.78, 5) is 12.8. The SMILES string of the molecule is Cc1cc(C=Cc2ccncc2)c2nc(Nc3ccc(Cl)c(Cl)c3)nc(O)c2c1. The number of aryl methyl sites for hydroxylation is 1. The Labute approximate surface area is 177 Å². The molecular weight excluding hydrogens is 407 g/mol. The lowest BCUT2D eigenvalue weighted by atomic mass is 10.1. The lowest BCUT2D eigenvalue weighted by Crippen LogP contribution is -1.99. The summed E-state index contributed by atoms with van der Waals surface area (Å²) in [5, 5.41) is 15.0. The normalized spacial score (nSPS) is 11.3. The van der Waals surface area contributed by atoms with Crippen LogP contribution in [0.5, 0.6) is 5.88 Å². The number of hydrogen-bond acceptors (Lipinski definition) is 5. The minimum atomic E-state index is -0.0974. The molecule has 144 valence electrons. The van der Waals surface area contributed by atoms with Crippen LogP contribution in [0.3, 0.4) is 0 Å². The molecule has 2 aromatic heterocycles. The molecule has 0 radical (unpaired) electrons. The van der Waals surface area contributed by atoms with Crippen LogP contribution < -0.4 is 5.32 Å². The van der Waals surface area contributed by atoms with E-state index in [-0.39, 0.29) is 11.8 Å². The zero-order valence-electron chi connectivity index (χ0n) is 15.4. The van der Waals surface area contributed by atoms with E-state index in [2.05, 4.69) is 20.3 Å². The lowest BCUT2D eigenvalue weighted by molar-refractivity contribution is 0.460. The number of nitrogens with one attached hydrogen (secondary N) is 1. The maximum absolute atomic E-state index is 10.5. The second kappa shape index (κ2) is 8.07. The van der Waals surface area contributed by atoms with Crippen LogP contribution in [0, 0.1) is 6.92 Å². The summed E-state index contributed by atoms with van der Waals surface area (Å²) >= 11 is 12.0. The molecular formula is C22H16Cl2N4O. The molecule has 0 aliphatic carbocycles. The third kappa shape index (κ3) is 4.31. The summed E-state index contributed by atoms with van der Waals surface area (Å²) in [7, 11) is 0. The summed E-state index contributed by atoms with van der Waals surface area (Å²) in [6.07, 6.45) is 7.41. The fourth-order valence-electron chi connectivity index (χ4n) is 2.94. The minimum Gasteiger partial charge on any atom is -0.493 e. The van der Waals surface area contributed by atoms with Crippen molar-refractivity contribution in [2.24, 2.45) is 0 Å². The van der Waals surface area contributed by atoms with Gasteiger partial charge in [0.05, 0.1) is 20.9 Å². The second-order valence-electron chi connectivity index (χ2n) is 6.49. The molecule has 4 aromatic rings. The summed E-state index contributed by atoms with van der Waals surface area (Å²) in [5.74, 6) is 0.163. The van der Waals surface area contributed by atoms with Gasteiger partial charge in [0.1, 0.15) is 0 Å². The number of fused-ring (bicyclic) bond motifs is 1. The molecule has 0 fully saturated rings. The molecule has 0 saturated heterocycles. The Morgan fingerprint density at radius 2 is 1.72 bits per heavy atom. The van der Waals surface area contributed by atoms with Crippen LogP contribution in [-0.4, -0.2) is 20.1 Å². The van der Waals surface area contributed by atoms with Gasteiger partial charge in [-0.3, -0.25) is 4.98 Å². The van der Waals surface area contributed by atoms with Crippen molar-refractivity contribution in [1.82, 2.24) is 15.0 Å². The molecule has 2 heterocycles. The van der Waals surface area contributed by atoms with Crippen molar-refractivity contribution in [3.8, 4) is 5.88 Å². The van der Waals surface area contributed by atoms with E-state index < -0.39 is 0 Å². The van der Waals surface area contributed by atoms with Crippen LogP contribution in [0.2, 0.25) is 10.0 Å². The van der Waals surface area contributed by atoms with Gasteiger partial charge in [-0.05, 0) is 60.5 Å². The highest BCUT2D eigenvalue weighted by Crippen LogP contribution is 2.30. The van der Waals surface area contributed by atoms with E-state index in [4.69, 9.17) is 23.2 Å². The lowest BCUT2D eigenvalue weighted by Gasteiger charge is -2.10. The molecule has 2 aromatic carbocycles. The summed E-state index contributed by atoms with van der Waals surface area (Å²) in [6.45, 7) is 1.96. The van der Waals surface area contributed by atoms with Crippen LogP contribution in [-0.2, 0) is 0 Å². The van der Waals surface area contributed by atoms with Gasteiger partial charge in [0.15, 0.2) is 0 Å². The van der Waals surface area contributed by atoms with E-state index in [1.165, 1.54) is 0 Å². The first-order valence-electron chi connectivity index (χ1n) is 8.81. The summed E-state index contributed by atoms with van der Waals surface area (Å²) in [5.41, 5.74) is 4.18. The van der Waals surface area contributed by atoms with Gasteiger partial charge in [0, 0.05) is 23.6 Å². The van der Waals surface area contributed by atoms with Gasteiger partial charge < -0.3 is 10.4 Å². The molecule has 0 aliphatic rings. The molecule has 0 aliphatic heterocycles. The highest BCUT2D eigenvalue weighted by molar-refractivity contribution is 6.42. The molecule has 0 spiro atoms. The monoisotopic (exact) mass is 422 g/mol. The molecule has 0 unspecified atom stereocenters. The predicted molar refractivity (Wildman–Crippen MR) is 119 cm³/mol. The van der Waals surface area contributed by atoms with Crippen molar-refractivity contribution in [1.29, 1.82) is 0 Å². The average molecular weight is 423 g/mol. The largest absolute Gasteiger partial charge is 0.493 e. The Balaban J connectivity index is 1.77. The number of aromatic hydroxyl groups is 1. The maximum Gasteiger partial charge on any atom is 0.231 e. The van der Waals surface area contributed by atoms with Gasteiger partial charge in [-0.1, -0.05) is 35.4 Å². The van der Waals surface area contributed by atoms with Gasteiger partial charge in [-0.15, -0.1) is 0 Å². The Bertz CT molecular complexity index is 1230. The van der Waals surface area contributed by atoms with E-state index in [1.807, 2.05) is 43.3 Å². The topological polar surface area (TPSA) is 70.9 Å². The first-order valence-corrected chi connectivity index (χ1v) is 9.57. The molecule has 4 rings (SSSR count). The Hall–Kier alpha value is -3.15. The zero-order chi connectivity index (χ0) is 20.4.